The van der Waals surface area contributed by atoms with Gasteiger partial charge in [0.25, 0.3) is 5.91 Å². The van der Waals surface area contributed by atoms with Crippen molar-refractivity contribution in [3.05, 3.63) is 60.2 Å². The van der Waals surface area contributed by atoms with Crippen molar-refractivity contribution in [1.82, 2.24) is 15.0 Å². The van der Waals surface area contributed by atoms with Crippen molar-refractivity contribution in [2.45, 2.75) is 26.3 Å². The number of primary amides is 1. The van der Waals surface area contributed by atoms with Gasteiger partial charge in [-0.1, -0.05) is 19.1 Å². The molecule has 2 aromatic heterocycles. The number of nitrogens with zero attached hydrogens (tertiary/aromatic N) is 4. The zero-order chi connectivity index (χ0) is 21.0. The second-order valence-corrected chi connectivity index (χ2v) is 6.50. The normalized spacial score (nSPS) is 11.7. The Balaban J connectivity index is 2.01. The van der Waals surface area contributed by atoms with Crippen LogP contribution in [0.3, 0.4) is 0 Å². The van der Waals surface area contributed by atoms with Gasteiger partial charge in [0.1, 0.15) is 5.82 Å². The number of nitrogens with one attached hydrogen (secondary N) is 1. The second-order valence-electron chi connectivity index (χ2n) is 6.50. The first-order valence-electron chi connectivity index (χ1n) is 9.09. The third-order valence-corrected chi connectivity index (χ3v) is 4.48. The molecule has 0 aliphatic carbocycles. The molecule has 0 saturated heterocycles. The van der Waals surface area contributed by atoms with E-state index < -0.39 is 11.7 Å². The van der Waals surface area contributed by atoms with E-state index in [0.29, 0.717) is 17.9 Å². The minimum absolute atomic E-state index is 0.0746. The molecule has 2 heterocycles. The first-order chi connectivity index (χ1) is 13.9. The lowest BCUT2D eigenvalue weighted by atomic mass is 10.1. The number of aromatic nitrogens is 3. The minimum atomic E-state index is -0.805. The Morgan fingerprint density at radius 1 is 1.24 bits per heavy atom. The molecule has 0 aliphatic heterocycles. The highest BCUT2D eigenvalue weighted by molar-refractivity contribution is 5.98. The summed E-state index contributed by atoms with van der Waals surface area (Å²) in [5, 5.41) is 4.26. The van der Waals surface area contributed by atoms with Crippen LogP contribution in [-0.4, -0.2) is 26.9 Å². The van der Waals surface area contributed by atoms with Gasteiger partial charge in [-0.25, -0.2) is 25.2 Å². The number of carbonyl (C=O) groups excluding carboxylic acids is 1. The van der Waals surface area contributed by atoms with Gasteiger partial charge in [-0.2, -0.15) is 0 Å². The van der Waals surface area contributed by atoms with E-state index in [0.717, 1.165) is 11.6 Å². The van der Waals surface area contributed by atoms with E-state index >= 15 is 0 Å². The third-order valence-electron chi connectivity index (χ3n) is 4.48. The zero-order valence-corrected chi connectivity index (χ0v) is 16.1. The fourth-order valence-corrected chi connectivity index (χ4v) is 2.67. The van der Waals surface area contributed by atoms with Gasteiger partial charge in [0.05, 0.1) is 5.56 Å². The molecule has 1 aromatic carbocycles. The number of hydrazine groups is 1. The summed E-state index contributed by atoms with van der Waals surface area (Å²) in [6.07, 6.45) is 3.98. The molecule has 1 unspecified atom stereocenters. The van der Waals surface area contributed by atoms with Gasteiger partial charge < -0.3 is 11.1 Å². The number of benzene rings is 1. The monoisotopic (exact) mass is 395 g/mol. The number of amides is 1. The van der Waals surface area contributed by atoms with Crippen molar-refractivity contribution in [3.8, 4) is 11.4 Å². The van der Waals surface area contributed by atoms with Gasteiger partial charge in [0, 0.05) is 29.7 Å². The van der Waals surface area contributed by atoms with Crippen molar-refractivity contribution in [2.24, 2.45) is 11.6 Å². The van der Waals surface area contributed by atoms with Gasteiger partial charge in [-0.05, 0) is 37.6 Å². The number of nitrogens with two attached hydrogens (primary N) is 2. The summed E-state index contributed by atoms with van der Waals surface area (Å²) >= 11 is 0. The minimum Gasteiger partial charge on any atom is -0.365 e. The number of anilines is 3. The van der Waals surface area contributed by atoms with Crippen LogP contribution in [0.5, 0.6) is 0 Å². The van der Waals surface area contributed by atoms with Gasteiger partial charge in [0.2, 0.25) is 0 Å². The van der Waals surface area contributed by atoms with E-state index in [1.807, 2.05) is 19.9 Å². The summed E-state index contributed by atoms with van der Waals surface area (Å²) in [5.41, 5.74) is 6.71. The first-order valence-corrected chi connectivity index (χ1v) is 9.09. The summed E-state index contributed by atoms with van der Waals surface area (Å²) in [6, 6.07) is 9.84. The average molecular weight is 395 g/mol. The number of halogens is 1. The highest BCUT2D eigenvalue weighted by Crippen LogP contribution is 2.27. The molecule has 9 heteroatoms. The lowest BCUT2D eigenvalue weighted by molar-refractivity contribution is 0.100. The summed E-state index contributed by atoms with van der Waals surface area (Å²) in [6.45, 7) is 3.77. The first kappa shape index (κ1) is 20.2. The van der Waals surface area contributed by atoms with E-state index in [4.69, 9.17) is 11.6 Å². The molecule has 8 nitrogen and oxygen atoms in total. The van der Waals surface area contributed by atoms with Crippen LogP contribution in [0.2, 0.25) is 0 Å². The topological polar surface area (TPSA) is 123 Å². The number of hydrogen-bond donors (Lipinski definition) is 3. The molecule has 29 heavy (non-hydrogen) atoms. The Morgan fingerprint density at radius 2 is 1.97 bits per heavy atom. The molecule has 0 saturated carbocycles. The molecule has 0 radical (unpaired) electrons. The van der Waals surface area contributed by atoms with Gasteiger partial charge in [-0.3, -0.25) is 9.80 Å². The highest BCUT2D eigenvalue weighted by Gasteiger charge is 2.21. The largest absolute Gasteiger partial charge is 0.365 e. The average Bonchev–Trinajstić information content (AvgIpc) is 2.74. The number of hydrogen-bond acceptors (Lipinski definition) is 7. The molecule has 150 valence electrons. The summed E-state index contributed by atoms with van der Waals surface area (Å²) < 4.78 is 14.5. The van der Waals surface area contributed by atoms with Crippen LogP contribution in [0.25, 0.3) is 11.4 Å². The molecule has 1 atom stereocenters. The van der Waals surface area contributed by atoms with Crippen LogP contribution >= 0.6 is 0 Å². The lowest BCUT2D eigenvalue weighted by Crippen LogP contribution is -2.40. The fraction of sp³-hybridized carbons (Fsp3) is 0.200. The molecule has 0 spiro atoms. The number of pyridine rings is 1. The zero-order valence-electron chi connectivity index (χ0n) is 16.1. The van der Waals surface area contributed by atoms with Gasteiger partial charge >= 0.3 is 0 Å². The van der Waals surface area contributed by atoms with Crippen molar-refractivity contribution in [2.75, 3.05) is 10.3 Å². The lowest BCUT2D eigenvalue weighted by Gasteiger charge is -2.25. The van der Waals surface area contributed by atoms with Crippen LogP contribution in [0.4, 0.5) is 21.7 Å². The van der Waals surface area contributed by atoms with E-state index in [1.165, 1.54) is 5.01 Å². The van der Waals surface area contributed by atoms with E-state index in [-0.39, 0.29) is 23.2 Å². The maximum Gasteiger partial charge on any atom is 0.252 e. The Hall–Kier alpha value is -3.59. The molecule has 1 amide bonds. The van der Waals surface area contributed by atoms with Gasteiger partial charge in [0.15, 0.2) is 17.5 Å². The Kier molecular flexibility index (Phi) is 5.99. The van der Waals surface area contributed by atoms with Gasteiger partial charge in [-0.15, -0.1) is 0 Å². The van der Waals surface area contributed by atoms with E-state index in [1.54, 1.807) is 36.7 Å². The smallest absolute Gasteiger partial charge is 0.252 e. The van der Waals surface area contributed by atoms with Crippen molar-refractivity contribution in [3.63, 3.8) is 0 Å². The summed E-state index contributed by atoms with van der Waals surface area (Å²) in [7, 11) is 0. The predicted molar refractivity (Wildman–Crippen MR) is 110 cm³/mol. The Bertz CT molecular complexity index is 1010. The Morgan fingerprint density at radius 3 is 2.62 bits per heavy atom. The summed E-state index contributed by atoms with van der Waals surface area (Å²) in [5.74, 6) is 5.06. The standard InChI is InChI=1S/C20H22FN7O/c1-3-12(2)28(23)20-16(21)11-15(17(22)29)19(27-20)26-14-7-4-6-13(10-14)18-24-8-5-9-25-18/h4-12H,3,23H2,1-2H3,(H2,22,29)(H,26,27). The van der Waals surface area contributed by atoms with Crippen LogP contribution in [0.15, 0.2) is 48.8 Å². The molecule has 0 fully saturated rings. The molecule has 3 aromatic rings. The molecule has 0 bridgehead atoms. The molecular formula is C20H22FN7O. The molecule has 3 rings (SSSR count). The van der Waals surface area contributed by atoms with Crippen molar-refractivity contribution < 1.29 is 9.18 Å². The number of carbonyl (C=O) groups is 1. The van der Waals surface area contributed by atoms with Crippen molar-refractivity contribution in [1.29, 1.82) is 0 Å². The quantitative estimate of drug-likeness (QED) is 0.415. The fourth-order valence-electron chi connectivity index (χ4n) is 2.67. The van der Waals surface area contributed by atoms with Crippen LogP contribution in [0.1, 0.15) is 30.6 Å². The maximum atomic E-state index is 14.5. The third kappa shape index (κ3) is 4.46. The van der Waals surface area contributed by atoms with Crippen molar-refractivity contribution >= 4 is 23.2 Å². The summed E-state index contributed by atoms with van der Waals surface area (Å²) in [4.78, 5) is 24.5. The van der Waals surface area contributed by atoms with E-state index in [9.17, 15) is 9.18 Å². The van der Waals surface area contributed by atoms with Crippen LogP contribution in [-0.2, 0) is 0 Å². The SMILES string of the molecule is CCC(C)N(N)c1nc(Nc2cccc(-c3ncccn3)c2)c(C(N)=O)cc1F. The number of rotatable bonds is 7. The molecule has 0 aliphatic rings. The van der Waals surface area contributed by atoms with E-state index in [2.05, 4.69) is 20.3 Å². The second kappa shape index (κ2) is 8.61. The molecule has 5 N–H and O–H groups in total. The highest BCUT2D eigenvalue weighted by atomic mass is 19.1. The maximum absolute atomic E-state index is 14.5. The predicted octanol–water partition coefficient (Wildman–Crippen LogP) is 3.00. The van der Waals surface area contributed by atoms with Crippen LogP contribution in [0, 0.1) is 5.82 Å². The van der Waals surface area contributed by atoms with Crippen LogP contribution < -0.4 is 21.9 Å². The molecular weight excluding hydrogens is 373 g/mol. The Labute approximate surface area is 167 Å².